The van der Waals surface area contributed by atoms with Crippen molar-refractivity contribution < 1.29 is 5.21 Å². The smallest absolute Gasteiger partial charge is 0.110 e. The van der Waals surface area contributed by atoms with Gasteiger partial charge in [0, 0.05) is 0 Å². The Labute approximate surface area is 60.5 Å². The summed E-state index contributed by atoms with van der Waals surface area (Å²) in [7, 11) is 0. The van der Waals surface area contributed by atoms with Crippen LogP contribution < -0.4 is 0 Å². The summed E-state index contributed by atoms with van der Waals surface area (Å²) >= 11 is 3.71. The molecule has 4 heteroatoms. The SMILES string of the molecule is CC(=NO)SCI. The molecule has 2 nitrogen and oxygen atoms in total. The molecule has 0 unspecified atom stereocenters. The number of hydrogen-bond donors (Lipinski definition) is 1. The predicted molar refractivity (Wildman–Crippen MR) is 41.4 cm³/mol. The zero-order valence-corrected chi connectivity index (χ0v) is 6.86. The maximum atomic E-state index is 8.03. The van der Waals surface area contributed by atoms with E-state index in [1.807, 2.05) is 0 Å². The molecule has 0 radical (unpaired) electrons. The van der Waals surface area contributed by atoms with Crippen LogP contribution in [0.25, 0.3) is 0 Å². The summed E-state index contributed by atoms with van der Waals surface area (Å²) in [5, 5.41) is 11.7. The van der Waals surface area contributed by atoms with E-state index in [0.29, 0.717) is 0 Å². The fourth-order valence-electron chi connectivity index (χ4n) is 0.108. The van der Waals surface area contributed by atoms with Crippen LogP contribution in [-0.4, -0.2) is 14.0 Å². The Kier molecular flexibility index (Phi) is 5.07. The highest BCUT2D eigenvalue weighted by molar-refractivity contribution is 14.1. The van der Waals surface area contributed by atoms with Crippen molar-refractivity contribution in [3.05, 3.63) is 0 Å². The highest BCUT2D eigenvalue weighted by atomic mass is 127. The number of thioether (sulfide) groups is 1. The molecule has 0 aliphatic carbocycles. The maximum Gasteiger partial charge on any atom is 0.110 e. The minimum Gasteiger partial charge on any atom is -0.410 e. The van der Waals surface area contributed by atoms with Gasteiger partial charge in [-0.3, -0.25) is 0 Å². The van der Waals surface area contributed by atoms with Crippen molar-refractivity contribution >= 4 is 39.4 Å². The molecule has 0 saturated carbocycles. The quantitative estimate of drug-likeness (QED) is 0.187. The minimum atomic E-state index is 0.717. The van der Waals surface area contributed by atoms with Crippen LogP contribution in [0.5, 0.6) is 0 Å². The fraction of sp³-hybridized carbons (Fsp3) is 0.667. The molecule has 7 heavy (non-hydrogen) atoms. The van der Waals surface area contributed by atoms with Crippen molar-refractivity contribution in [2.75, 3.05) is 3.76 Å². The van der Waals surface area contributed by atoms with Gasteiger partial charge >= 0.3 is 0 Å². The highest BCUT2D eigenvalue weighted by Crippen LogP contribution is 2.05. The van der Waals surface area contributed by atoms with E-state index in [-0.39, 0.29) is 0 Å². The lowest BCUT2D eigenvalue weighted by atomic mass is 10.9. The van der Waals surface area contributed by atoms with Gasteiger partial charge in [-0.25, -0.2) is 0 Å². The molecule has 0 spiro atoms. The number of halogens is 1. The van der Waals surface area contributed by atoms with Crippen LogP contribution in [-0.2, 0) is 0 Å². The van der Waals surface area contributed by atoms with Gasteiger partial charge in [-0.1, -0.05) is 39.5 Å². The average molecular weight is 231 g/mol. The second-order valence-corrected chi connectivity index (χ2v) is 3.84. The topological polar surface area (TPSA) is 32.6 Å². The summed E-state index contributed by atoms with van der Waals surface area (Å²) in [6.07, 6.45) is 0. The van der Waals surface area contributed by atoms with Crippen LogP contribution >= 0.6 is 34.4 Å². The first kappa shape index (κ1) is 7.55. The lowest BCUT2D eigenvalue weighted by molar-refractivity contribution is 0.320. The Balaban J connectivity index is 3.17. The summed E-state index contributed by atoms with van der Waals surface area (Å²) < 4.78 is 0.938. The third kappa shape index (κ3) is 4.40. The molecule has 1 N–H and O–H groups in total. The molecule has 0 saturated heterocycles. The van der Waals surface area contributed by atoms with Crippen molar-refractivity contribution in [1.82, 2.24) is 0 Å². The molecular weight excluding hydrogens is 225 g/mol. The largest absolute Gasteiger partial charge is 0.410 e. The molecule has 0 heterocycles. The lowest BCUT2D eigenvalue weighted by Crippen LogP contribution is -1.79. The number of nitrogens with zero attached hydrogens (tertiary/aromatic N) is 1. The number of alkyl halides is 1. The van der Waals surface area contributed by atoms with Gasteiger partial charge in [-0.15, -0.1) is 0 Å². The molecule has 0 aromatic carbocycles. The Bertz CT molecular complexity index is 75.3. The molecule has 0 rings (SSSR count). The number of hydrogen-bond acceptors (Lipinski definition) is 3. The molecule has 42 valence electrons. The van der Waals surface area contributed by atoms with E-state index in [4.69, 9.17) is 5.21 Å². The standard InChI is InChI=1S/C3H6INOS/c1-3(5-6)7-2-4/h6H,2H2,1H3. The van der Waals surface area contributed by atoms with Crippen LogP contribution in [0.15, 0.2) is 5.16 Å². The lowest BCUT2D eigenvalue weighted by Gasteiger charge is -1.86. The molecule has 0 aliphatic heterocycles. The molecule has 0 aromatic rings. The van der Waals surface area contributed by atoms with Crippen LogP contribution in [0.1, 0.15) is 6.92 Å². The van der Waals surface area contributed by atoms with Crippen LogP contribution in [0.2, 0.25) is 0 Å². The van der Waals surface area contributed by atoms with E-state index in [2.05, 4.69) is 27.7 Å². The van der Waals surface area contributed by atoms with Crippen LogP contribution in [0, 0.1) is 0 Å². The second-order valence-electron chi connectivity index (χ2n) is 0.872. The molecule has 0 atom stereocenters. The second kappa shape index (κ2) is 4.70. The van der Waals surface area contributed by atoms with Crippen molar-refractivity contribution in [3.8, 4) is 0 Å². The van der Waals surface area contributed by atoms with Crippen molar-refractivity contribution in [2.45, 2.75) is 6.92 Å². The van der Waals surface area contributed by atoms with Crippen molar-refractivity contribution in [3.63, 3.8) is 0 Å². The first-order valence-electron chi connectivity index (χ1n) is 1.68. The van der Waals surface area contributed by atoms with Crippen LogP contribution in [0.3, 0.4) is 0 Å². The van der Waals surface area contributed by atoms with Gasteiger partial charge in [-0.2, -0.15) is 0 Å². The molecule has 0 bridgehead atoms. The molecule has 0 amide bonds. The van der Waals surface area contributed by atoms with Gasteiger partial charge in [-0.05, 0) is 6.92 Å². The molecule has 0 aliphatic rings. The average Bonchev–Trinajstić information content (AvgIpc) is 1.68. The highest BCUT2D eigenvalue weighted by Gasteiger charge is 1.85. The van der Waals surface area contributed by atoms with Gasteiger partial charge in [0.05, 0.1) is 3.76 Å². The van der Waals surface area contributed by atoms with E-state index < -0.39 is 0 Å². The summed E-state index contributed by atoms with van der Waals surface area (Å²) in [4.78, 5) is 0. The third-order valence-corrected chi connectivity index (χ3v) is 1.95. The van der Waals surface area contributed by atoms with E-state index in [0.717, 1.165) is 8.80 Å². The van der Waals surface area contributed by atoms with E-state index >= 15 is 0 Å². The molecular formula is C3H6INOS. The molecule has 0 fully saturated rings. The van der Waals surface area contributed by atoms with Crippen molar-refractivity contribution in [2.24, 2.45) is 5.16 Å². The summed E-state index contributed by atoms with van der Waals surface area (Å²) in [5.74, 6) is 0. The number of rotatable bonds is 1. The van der Waals surface area contributed by atoms with Crippen molar-refractivity contribution in [1.29, 1.82) is 0 Å². The Morgan fingerprint density at radius 3 is 2.71 bits per heavy atom. The normalized spacial score (nSPS) is 12.0. The van der Waals surface area contributed by atoms with Crippen LogP contribution in [0.4, 0.5) is 0 Å². The molecule has 0 aromatic heterocycles. The first-order chi connectivity index (χ1) is 3.31. The Morgan fingerprint density at radius 1 is 2.00 bits per heavy atom. The zero-order chi connectivity index (χ0) is 5.70. The fourth-order valence-corrected chi connectivity index (χ4v) is 1.68. The predicted octanol–water partition coefficient (Wildman–Crippen LogP) is 1.92. The van der Waals surface area contributed by atoms with E-state index in [1.54, 1.807) is 6.92 Å². The Hall–Kier alpha value is 0.550. The minimum absolute atomic E-state index is 0.717. The summed E-state index contributed by atoms with van der Waals surface area (Å²) in [5.41, 5.74) is 0. The first-order valence-corrected chi connectivity index (χ1v) is 4.19. The zero-order valence-electron chi connectivity index (χ0n) is 3.89. The van der Waals surface area contributed by atoms with Gasteiger partial charge in [0.25, 0.3) is 0 Å². The third-order valence-electron chi connectivity index (χ3n) is 0.404. The van der Waals surface area contributed by atoms with Gasteiger partial charge in [0.1, 0.15) is 5.04 Å². The van der Waals surface area contributed by atoms with E-state index in [9.17, 15) is 0 Å². The summed E-state index contributed by atoms with van der Waals surface area (Å²) in [6.45, 7) is 1.77. The Morgan fingerprint density at radius 2 is 2.57 bits per heavy atom. The van der Waals surface area contributed by atoms with E-state index in [1.165, 1.54) is 11.8 Å². The monoisotopic (exact) mass is 231 g/mol. The van der Waals surface area contributed by atoms with Gasteiger partial charge < -0.3 is 5.21 Å². The van der Waals surface area contributed by atoms with Gasteiger partial charge in [0.15, 0.2) is 0 Å². The summed E-state index contributed by atoms with van der Waals surface area (Å²) in [6, 6.07) is 0. The number of oxime groups is 1. The maximum absolute atomic E-state index is 8.03. The van der Waals surface area contributed by atoms with Gasteiger partial charge in [0.2, 0.25) is 0 Å².